The van der Waals surface area contributed by atoms with Crippen LogP contribution in [0.1, 0.15) is 23.4 Å². The van der Waals surface area contributed by atoms with Crippen LogP contribution in [-0.4, -0.2) is 23.4 Å². The lowest BCUT2D eigenvalue weighted by Gasteiger charge is -2.24. The normalized spacial score (nSPS) is 18.1. The molecule has 1 atom stereocenters. The molecular weight excluding hydrogens is 422 g/mol. The average Bonchev–Trinajstić information content (AvgIpc) is 3.37. The van der Waals surface area contributed by atoms with Gasteiger partial charge in [-0.25, -0.2) is 0 Å². The lowest BCUT2D eigenvalue weighted by molar-refractivity contribution is -0.132. The second kappa shape index (κ2) is 8.34. The second-order valence-corrected chi connectivity index (χ2v) is 7.98. The van der Waals surface area contributed by atoms with Crippen LogP contribution in [-0.2, 0) is 9.59 Å². The summed E-state index contributed by atoms with van der Waals surface area (Å²) in [5, 5.41) is 13.4. The van der Waals surface area contributed by atoms with Crippen LogP contribution in [0.4, 0.5) is 5.69 Å². The van der Waals surface area contributed by atoms with Gasteiger partial charge in [0.15, 0.2) is 0 Å². The average molecular weight is 440 g/mol. The second-order valence-electron chi connectivity index (χ2n) is 6.60. The van der Waals surface area contributed by atoms with Gasteiger partial charge in [-0.2, -0.15) is 0 Å². The fourth-order valence-corrected chi connectivity index (χ4v) is 4.47. The van der Waals surface area contributed by atoms with Crippen LogP contribution in [0.15, 0.2) is 71.6 Å². The van der Waals surface area contributed by atoms with Gasteiger partial charge in [0.1, 0.15) is 17.6 Å². The third kappa shape index (κ3) is 3.49. The number of Topliss-reactive ketones (excluding diaryl/α,β-unsaturated/α-hetero) is 1. The van der Waals surface area contributed by atoms with Crippen LogP contribution in [0, 0.1) is 0 Å². The molecule has 7 heteroatoms. The molecule has 0 radical (unpaired) electrons. The first-order valence-corrected chi connectivity index (χ1v) is 10.6. The number of benzene rings is 2. The molecule has 1 fully saturated rings. The third-order valence-electron chi connectivity index (χ3n) is 4.80. The maximum absolute atomic E-state index is 13.0. The predicted octanol–water partition coefficient (Wildman–Crippen LogP) is 5.43. The van der Waals surface area contributed by atoms with Gasteiger partial charge in [0.05, 0.1) is 17.2 Å². The zero-order valence-electron chi connectivity index (χ0n) is 16.0. The molecule has 1 unspecified atom stereocenters. The number of nitrogens with zero attached hydrogens (tertiary/aromatic N) is 1. The first-order chi connectivity index (χ1) is 14.5. The minimum absolute atomic E-state index is 0.0380. The van der Waals surface area contributed by atoms with Crippen LogP contribution in [0.3, 0.4) is 0 Å². The summed E-state index contributed by atoms with van der Waals surface area (Å²) in [4.78, 5) is 28.2. The molecule has 3 aromatic rings. The van der Waals surface area contributed by atoms with Gasteiger partial charge in [0, 0.05) is 16.1 Å². The molecule has 4 rings (SSSR count). The molecule has 0 bridgehead atoms. The van der Waals surface area contributed by atoms with Crippen molar-refractivity contribution in [3.8, 4) is 5.75 Å². The maximum atomic E-state index is 13.0. The van der Waals surface area contributed by atoms with Gasteiger partial charge in [0.2, 0.25) is 0 Å². The molecule has 1 N–H and O–H groups in total. The van der Waals surface area contributed by atoms with E-state index < -0.39 is 17.7 Å². The van der Waals surface area contributed by atoms with Gasteiger partial charge in [-0.1, -0.05) is 35.9 Å². The standard InChI is InChI=1S/C23H18ClNO4S/c1-2-29-17-13-14(10-11-16(17)24)21(26)19-20(18-9-6-12-30-18)25(23(28)22(19)27)15-7-4-3-5-8-15/h3-13,20,26H,2H2,1H3/b21-19-. The Morgan fingerprint density at radius 1 is 1.13 bits per heavy atom. The molecule has 0 saturated carbocycles. The minimum atomic E-state index is -0.734. The van der Waals surface area contributed by atoms with Crippen molar-refractivity contribution in [3.63, 3.8) is 0 Å². The fourth-order valence-electron chi connectivity index (χ4n) is 3.48. The van der Waals surface area contributed by atoms with E-state index in [4.69, 9.17) is 16.3 Å². The van der Waals surface area contributed by atoms with Gasteiger partial charge in [-0.05, 0) is 48.7 Å². The Labute approximate surface area is 182 Å². The first kappa shape index (κ1) is 20.2. The molecule has 1 aromatic heterocycles. The van der Waals surface area contributed by atoms with Crippen molar-refractivity contribution in [2.45, 2.75) is 13.0 Å². The van der Waals surface area contributed by atoms with Crippen molar-refractivity contribution >= 4 is 46.1 Å². The highest BCUT2D eigenvalue weighted by Gasteiger charge is 2.47. The van der Waals surface area contributed by atoms with Crippen molar-refractivity contribution < 1.29 is 19.4 Å². The van der Waals surface area contributed by atoms with Crippen LogP contribution >= 0.6 is 22.9 Å². The Kier molecular flexibility index (Phi) is 5.61. The quantitative estimate of drug-likeness (QED) is 0.327. The number of carbonyl (C=O) groups excluding carboxylic acids is 2. The fraction of sp³-hybridized carbons (Fsp3) is 0.130. The number of aliphatic hydroxyl groups excluding tert-OH is 1. The number of hydrogen-bond acceptors (Lipinski definition) is 5. The Morgan fingerprint density at radius 3 is 2.57 bits per heavy atom. The molecule has 2 heterocycles. The lowest BCUT2D eigenvalue weighted by Crippen LogP contribution is -2.29. The Morgan fingerprint density at radius 2 is 1.90 bits per heavy atom. The number of thiophene rings is 1. The third-order valence-corrected chi connectivity index (χ3v) is 6.03. The molecule has 30 heavy (non-hydrogen) atoms. The molecule has 0 aliphatic carbocycles. The summed E-state index contributed by atoms with van der Waals surface area (Å²) in [5.74, 6) is -1.28. The Hall–Kier alpha value is -3.09. The number of ketones is 1. The lowest BCUT2D eigenvalue weighted by atomic mass is 9.99. The van der Waals surface area contributed by atoms with Gasteiger partial charge < -0.3 is 9.84 Å². The van der Waals surface area contributed by atoms with E-state index >= 15 is 0 Å². The number of para-hydroxylation sites is 1. The van der Waals surface area contributed by atoms with Gasteiger partial charge in [-0.3, -0.25) is 14.5 Å². The number of rotatable bonds is 5. The molecule has 1 aliphatic heterocycles. The molecule has 1 aliphatic rings. The molecule has 0 spiro atoms. The first-order valence-electron chi connectivity index (χ1n) is 9.35. The number of carbonyl (C=O) groups is 2. The monoisotopic (exact) mass is 439 g/mol. The van der Waals surface area contributed by atoms with E-state index in [-0.39, 0.29) is 11.3 Å². The van der Waals surface area contributed by atoms with Crippen molar-refractivity contribution in [3.05, 3.63) is 87.1 Å². The zero-order valence-corrected chi connectivity index (χ0v) is 17.6. The summed E-state index contributed by atoms with van der Waals surface area (Å²) in [7, 11) is 0. The summed E-state index contributed by atoms with van der Waals surface area (Å²) in [6, 6.07) is 16.7. The van der Waals surface area contributed by atoms with Gasteiger partial charge in [0.25, 0.3) is 11.7 Å². The van der Waals surface area contributed by atoms with Gasteiger partial charge >= 0.3 is 0 Å². The summed E-state index contributed by atoms with van der Waals surface area (Å²) in [6.07, 6.45) is 0. The van der Waals surface area contributed by atoms with Crippen molar-refractivity contribution in [1.82, 2.24) is 0 Å². The van der Waals surface area contributed by atoms with E-state index in [2.05, 4.69) is 0 Å². The Balaban J connectivity index is 1.90. The van der Waals surface area contributed by atoms with Crippen LogP contribution < -0.4 is 9.64 Å². The number of amides is 1. The highest BCUT2D eigenvalue weighted by atomic mass is 35.5. The van der Waals surface area contributed by atoms with E-state index in [9.17, 15) is 14.7 Å². The highest BCUT2D eigenvalue weighted by molar-refractivity contribution is 7.10. The number of hydrogen-bond donors (Lipinski definition) is 1. The number of ether oxygens (including phenoxy) is 1. The van der Waals surface area contributed by atoms with E-state index in [0.717, 1.165) is 4.88 Å². The smallest absolute Gasteiger partial charge is 0.300 e. The summed E-state index contributed by atoms with van der Waals surface area (Å²) < 4.78 is 5.50. The predicted molar refractivity (Wildman–Crippen MR) is 118 cm³/mol. The highest BCUT2D eigenvalue weighted by Crippen LogP contribution is 2.44. The molecule has 1 amide bonds. The zero-order chi connectivity index (χ0) is 21.3. The van der Waals surface area contributed by atoms with E-state index in [1.54, 1.807) is 42.5 Å². The van der Waals surface area contributed by atoms with Gasteiger partial charge in [-0.15, -0.1) is 11.3 Å². The Bertz CT molecular complexity index is 1130. The van der Waals surface area contributed by atoms with Crippen LogP contribution in [0.25, 0.3) is 5.76 Å². The van der Waals surface area contributed by atoms with Crippen molar-refractivity contribution in [1.29, 1.82) is 0 Å². The SMILES string of the molecule is CCOc1cc(/C(O)=C2/C(=O)C(=O)N(c3ccccc3)C2c2cccs2)ccc1Cl. The largest absolute Gasteiger partial charge is 0.507 e. The topological polar surface area (TPSA) is 66.8 Å². The van der Waals surface area contributed by atoms with E-state index in [0.29, 0.717) is 28.6 Å². The maximum Gasteiger partial charge on any atom is 0.300 e. The number of halogens is 1. The van der Waals surface area contributed by atoms with E-state index in [1.165, 1.54) is 16.2 Å². The number of anilines is 1. The van der Waals surface area contributed by atoms with E-state index in [1.807, 2.05) is 30.5 Å². The molecule has 2 aromatic carbocycles. The molecular formula is C23H18ClNO4S. The molecule has 5 nitrogen and oxygen atoms in total. The molecule has 1 saturated heterocycles. The summed E-state index contributed by atoms with van der Waals surface area (Å²) >= 11 is 7.57. The number of aliphatic hydroxyl groups is 1. The van der Waals surface area contributed by atoms with Crippen molar-refractivity contribution in [2.24, 2.45) is 0 Å². The van der Waals surface area contributed by atoms with Crippen molar-refractivity contribution in [2.75, 3.05) is 11.5 Å². The summed E-state index contributed by atoms with van der Waals surface area (Å²) in [6.45, 7) is 2.22. The van der Waals surface area contributed by atoms with Crippen LogP contribution in [0.2, 0.25) is 5.02 Å². The summed E-state index contributed by atoms with van der Waals surface area (Å²) in [5.41, 5.74) is 0.981. The minimum Gasteiger partial charge on any atom is -0.507 e. The molecule has 152 valence electrons. The van der Waals surface area contributed by atoms with Crippen LogP contribution in [0.5, 0.6) is 5.75 Å².